The van der Waals surface area contributed by atoms with Gasteiger partial charge in [-0.3, -0.25) is 20.2 Å². The number of nitrogens with two attached hydrogens (primary N) is 2. The van der Waals surface area contributed by atoms with E-state index in [-0.39, 0.29) is 83.2 Å². The minimum atomic E-state index is -0.657. The molecule has 12 aromatic rings. The van der Waals surface area contributed by atoms with Crippen molar-refractivity contribution in [3.05, 3.63) is 213 Å². The lowest BCUT2D eigenvalue weighted by Crippen LogP contribution is -2.36. The highest BCUT2D eigenvalue weighted by Crippen LogP contribution is 2.33. The van der Waals surface area contributed by atoms with Gasteiger partial charge >= 0.3 is 23.9 Å². The van der Waals surface area contributed by atoms with Gasteiger partial charge in [0.2, 0.25) is 0 Å². The third kappa shape index (κ3) is 21.4. The molecule has 4 fully saturated rings. The zero-order valence-corrected chi connectivity index (χ0v) is 66.3. The first-order valence-electron chi connectivity index (χ1n) is 38.9. The van der Waals surface area contributed by atoms with Gasteiger partial charge in [-0.15, -0.1) is 0 Å². The minimum Gasteiger partial charge on any atom is -0.461 e. The van der Waals surface area contributed by atoms with Crippen LogP contribution in [-0.4, -0.2) is 205 Å². The molecule has 36 heteroatoms. The number of esters is 4. The van der Waals surface area contributed by atoms with Crippen LogP contribution in [0.4, 0.5) is 91.5 Å². The molecule has 0 saturated carbocycles. The van der Waals surface area contributed by atoms with Gasteiger partial charge in [0.25, 0.3) is 11.4 Å². The average Bonchev–Trinajstić information content (AvgIpc) is 0.800. The number of nitrogens with zero attached hydrogens (tertiary/aromatic N) is 14. The van der Waals surface area contributed by atoms with E-state index in [1.807, 2.05) is 97.1 Å². The van der Waals surface area contributed by atoms with Crippen molar-refractivity contribution in [1.29, 1.82) is 0 Å². The summed E-state index contributed by atoms with van der Waals surface area (Å²) in [7, 11) is 0. The van der Waals surface area contributed by atoms with Crippen molar-refractivity contribution < 1.29 is 66.9 Å². The van der Waals surface area contributed by atoms with E-state index in [4.69, 9.17) is 49.4 Å². The first-order valence-corrected chi connectivity index (χ1v) is 38.9. The number of nitro benzene ring substituents is 2. The van der Waals surface area contributed by atoms with E-state index < -0.39 is 33.7 Å². The number of non-ortho nitro benzene ring substituents is 2. The number of morpholine rings is 4. The molecule has 0 radical (unpaired) electrons. The Morgan fingerprint density at radius 3 is 0.758 bits per heavy atom. The number of rotatable bonds is 22. The molecule has 4 aliphatic heterocycles. The maximum absolute atomic E-state index is 12.5. The Hall–Kier alpha value is -14.4. The van der Waals surface area contributed by atoms with Crippen LogP contribution in [0.2, 0.25) is 0 Å². The Morgan fingerprint density at radius 1 is 0.325 bits per heavy atom. The van der Waals surface area contributed by atoms with E-state index in [1.165, 1.54) is 36.4 Å². The lowest BCUT2D eigenvalue weighted by Gasteiger charge is -2.28. The van der Waals surface area contributed by atoms with Crippen molar-refractivity contribution in [1.82, 2.24) is 39.9 Å². The van der Waals surface area contributed by atoms with Crippen LogP contribution in [0.1, 0.15) is 69.6 Å². The van der Waals surface area contributed by atoms with Gasteiger partial charge in [0.05, 0.1) is 133 Å². The van der Waals surface area contributed by atoms with E-state index in [2.05, 4.69) is 80.7 Å². The van der Waals surface area contributed by atoms with Gasteiger partial charge in [-0.25, -0.2) is 59.0 Å². The molecule has 16 rings (SSSR count). The molecule has 0 unspecified atom stereocenters. The number of benzene rings is 8. The highest BCUT2D eigenvalue weighted by Gasteiger charge is 2.26. The molecule has 620 valence electrons. The highest BCUT2D eigenvalue weighted by molar-refractivity contribution is 6.00. The molecular weight excluding hydrogens is 1550 g/mol. The monoisotopic (exact) mass is 1630 g/mol. The number of carbonyl (C=O) groups excluding carboxylic acids is 4. The zero-order chi connectivity index (χ0) is 84.0. The van der Waals surface area contributed by atoms with E-state index in [1.54, 1.807) is 64.1 Å². The van der Waals surface area contributed by atoms with E-state index in [0.29, 0.717) is 82.5 Å². The quantitative estimate of drug-likeness (QED) is 0.0121. The van der Waals surface area contributed by atoms with Gasteiger partial charge in [-0.1, -0.05) is 0 Å². The summed E-state index contributed by atoms with van der Waals surface area (Å²) < 4.78 is 42.1. The smallest absolute Gasteiger partial charge is 0.360 e. The Balaban J connectivity index is 0.000000138. The van der Waals surface area contributed by atoms with E-state index in [0.717, 1.165) is 124 Å². The number of nitrogen functional groups attached to an aromatic ring is 2. The van der Waals surface area contributed by atoms with E-state index >= 15 is 0 Å². The van der Waals surface area contributed by atoms with Gasteiger partial charge in [-0.05, 0) is 173 Å². The number of nitro groups is 2. The fourth-order valence-corrected chi connectivity index (χ4v) is 13.0. The summed E-state index contributed by atoms with van der Waals surface area (Å²) >= 11 is 0. The van der Waals surface area contributed by atoms with Crippen molar-refractivity contribution in [2.24, 2.45) is 0 Å². The Kier molecular flexibility index (Phi) is 27.9. The van der Waals surface area contributed by atoms with Crippen LogP contribution in [0.25, 0.3) is 44.1 Å². The predicted octanol–water partition coefficient (Wildman–Crippen LogP) is 12.5. The van der Waals surface area contributed by atoms with Crippen LogP contribution in [0.15, 0.2) is 170 Å². The summed E-state index contributed by atoms with van der Waals surface area (Å²) in [5.74, 6) is -1.24. The minimum absolute atomic E-state index is 0.0351. The molecule has 8 heterocycles. The van der Waals surface area contributed by atoms with Crippen LogP contribution in [0.5, 0.6) is 0 Å². The van der Waals surface area contributed by atoms with Gasteiger partial charge in [0.1, 0.15) is 0 Å². The molecular formula is C84H88N20O16. The largest absolute Gasteiger partial charge is 0.461 e. The summed E-state index contributed by atoms with van der Waals surface area (Å²) in [6.45, 7) is 20.3. The molecule has 120 heavy (non-hydrogen) atoms. The lowest BCUT2D eigenvalue weighted by molar-refractivity contribution is -0.384. The van der Waals surface area contributed by atoms with Crippen molar-refractivity contribution in [3.8, 4) is 0 Å². The molecule has 0 spiro atoms. The van der Waals surface area contributed by atoms with Crippen LogP contribution < -0.4 is 52.3 Å². The first-order chi connectivity index (χ1) is 58.4. The van der Waals surface area contributed by atoms with Crippen molar-refractivity contribution in [2.45, 2.75) is 27.7 Å². The second-order valence-corrected chi connectivity index (χ2v) is 27.0. The summed E-state index contributed by atoms with van der Waals surface area (Å²) in [4.78, 5) is 115. The predicted molar refractivity (Wildman–Crippen MR) is 455 cm³/mol. The standard InChI is InChI=1S/2C21H21N5O5.2C21H23N5O3/c2*1-2-31-21(27)19-20(24-17-8-7-16(26(28)29)13-18(17)23-19)22-14-3-5-15(6-4-14)25-9-11-30-12-10-25;2*1-2-29-21(27)19-20(25-17-8-3-14(22)13-18(17)24-19)23-15-4-6-16(7-5-15)26-9-11-28-12-10-26/h2*3-8,13H,2,9-12H2,1H3,(H,22,24);2*3-8,13H,2,9-12,22H2,1H3,(H,23,25). The third-order valence-electron chi connectivity index (χ3n) is 19.0. The fourth-order valence-electron chi connectivity index (χ4n) is 13.0. The SMILES string of the molecule is CCOC(=O)c1nc2cc(N)ccc2nc1Nc1ccc(N2CCOCC2)cc1.CCOC(=O)c1nc2cc(N)ccc2nc1Nc1ccc(N2CCOCC2)cc1.CCOC(=O)c1nc2cc([N+](=O)[O-])ccc2nc1Nc1ccc(N2CCOCC2)cc1.CCOC(=O)c1nc2cc([N+](=O)[O-])ccc2nc1Nc1ccc(N2CCOCC2)cc1. The normalized spacial score (nSPS) is 13.9. The molecule has 0 atom stereocenters. The summed E-state index contributed by atoms with van der Waals surface area (Å²) in [6, 6.07) is 50.1. The number of carbonyl (C=O) groups is 4. The second kappa shape index (κ2) is 40.0. The van der Waals surface area contributed by atoms with Crippen LogP contribution in [0.3, 0.4) is 0 Å². The van der Waals surface area contributed by atoms with Crippen LogP contribution in [0, 0.1) is 20.2 Å². The molecule has 0 amide bonds. The number of fused-ring (bicyclic) bond motifs is 4. The summed E-state index contributed by atoms with van der Waals surface area (Å²) in [5.41, 5.74) is 23.9. The third-order valence-corrected chi connectivity index (χ3v) is 19.0. The summed E-state index contributed by atoms with van der Waals surface area (Å²) in [5, 5.41) is 34.8. The van der Waals surface area contributed by atoms with E-state index in [9.17, 15) is 39.4 Å². The maximum atomic E-state index is 12.5. The zero-order valence-electron chi connectivity index (χ0n) is 66.3. The fraction of sp³-hybridized carbons (Fsp3) is 0.286. The number of hydrogen-bond acceptors (Lipinski definition) is 34. The molecule has 4 aromatic heterocycles. The van der Waals surface area contributed by atoms with Crippen molar-refractivity contribution in [3.63, 3.8) is 0 Å². The van der Waals surface area contributed by atoms with Crippen LogP contribution >= 0.6 is 0 Å². The number of ether oxygens (including phenoxy) is 8. The lowest BCUT2D eigenvalue weighted by atomic mass is 10.2. The van der Waals surface area contributed by atoms with Gasteiger partial charge in [0, 0.05) is 133 Å². The number of nitrogens with one attached hydrogen (secondary N) is 4. The maximum Gasteiger partial charge on any atom is 0.360 e. The van der Waals surface area contributed by atoms with Crippen LogP contribution in [-0.2, 0) is 37.9 Å². The summed E-state index contributed by atoms with van der Waals surface area (Å²) in [6.07, 6.45) is 0. The first kappa shape index (κ1) is 83.6. The molecule has 0 bridgehead atoms. The molecule has 4 saturated heterocycles. The topological polar surface area (TPSA) is 445 Å². The molecule has 8 N–H and O–H groups in total. The second-order valence-electron chi connectivity index (χ2n) is 27.0. The Morgan fingerprint density at radius 2 is 0.542 bits per heavy atom. The Bertz CT molecular complexity index is 5300. The van der Waals surface area contributed by atoms with Crippen molar-refractivity contribution >= 4 is 160 Å². The van der Waals surface area contributed by atoms with Crippen molar-refractivity contribution in [2.75, 3.05) is 184 Å². The highest BCUT2D eigenvalue weighted by atomic mass is 16.6. The molecule has 36 nitrogen and oxygen atoms in total. The molecule has 4 aliphatic rings. The molecule has 0 aliphatic carbocycles. The van der Waals surface area contributed by atoms with Gasteiger partial charge in [0.15, 0.2) is 46.0 Å². The number of aromatic nitrogens is 8. The Labute approximate surface area is 687 Å². The molecule has 8 aromatic carbocycles. The number of hydrogen-bond donors (Lipinski definition) is 6. The van der Waals surface area contributed by atoms with Gasteiger partial charge < -0.3 is 90.2 Å². The average molecular weight is 1630 g/mol. The van der Waals surface area contributed by atoms with Gasteiger partial charge in [-0.2, -0.15) is 0 Å². The number of anilines is 14.